The monoisotopic (exact) mass is 246 g/mol. The van der Waals surface area contributed by atoms with Crippen molar-refractivity contribution in [3.63, 3.8) is 0 Å². The van der Waals surface area contributed by atoms with Crippen molar-refractivity contribution in [2.75, 3.05) is 6.54 Å². The Bertz CT molecular complexity index is 445. The fraction of sp³-hybridized carbons (Fsp3) is 0.533. The Morgan fingerprint density at radius 3 is 2.78 bits per heavy atom. The lowest BCUT2D eigenvalue weighted by molar-refractivity contribution is -1.05. The predicted molar refractivity (Wildman–Crippen MR) is 67.8 cm³/mol. The van der Waals surface area contributed by atoms with Gasteiger partial charge in [0.25, 0.3) is 0 Å². The number of carbonyl (C=O) groups excluding carboxylic acids is 1. The third-order valence-electron chi connectivity index (χ3n) is 4.62. The molecule has 3 rings (SSSR count). The van der Waals surface area contributed by atoms with Crippen LogP contribution in [-0.4, -0.2) is 28.3 Å². The first-order valence-corrected chi connectivity index (χ1v) is 6.88. The van der Waals surface area contributed by atoms with E-state index in [0.717, 1.165) is 25.7 Å². The Hall–Kier alpha value is -1.19. The number of amides is 1. The highest BCUT2D eigenvalue weighted by Crippen LogP contribution is 2.42. The van der Waals surface area contributed by atoms with Crippen LogP contribution in [0.3, 0.4) is 0 Å². The molecule has 18 heavy (non-hydrogen) atoms. The summed E-state index contributed by atoms with van der Waals surface area (Å²) in [6.07, 6.45) is 4.63. The van der Waals surface area contributed by atoms with Crippen LogP contribution in [0.25, 0.3) is 0 Å². The van der Waals surface area contributed by atoms with Gasteiger partial charge in [-0.15, -0.1) is 4.65 Å². The molecule has 1 aliphatic carbocycles. The molecule has 1 aromatic carbocycles. The number of rotatable bonds is 3. The smallest absolute Gasteiger partial charge is 0.227 e. The molecule has 1 saturated heterocycles. The molecule has 0 bridgehead atoms. The van der Waals surface area contributed by atoms with E-state index in [0.29, 0.717) is 18.9 Å². The Balaban J connectivity index is 1.72. The second-order valence-corrected chi connectivity index (χ2v) is 5.64. The molecule has 1 heterocycles. The van der Waals surface area contributed by atoms with Crippen molar-refractivity contribution in [1.29, 1.82) is 0 Å². The molecule has 0 spiro atoms. The first-order chi connectivity index (χ1) is 8.70. The van der Waals surface area contributed by atoms with Crippen molar-refractivity contribution in [2.45, 2.75) is 38.1 Å². The van der Waals surface area contributed by atoms with Crippen molar-refractivity contribution >= 4 is 5.91 Å². The van der Waals surface area contributed by atoms with E-state index in [1.54, 1.807) is 0 Å². The maximum Gasteiger partial charge on any atom is 0.346 e. The molecule has 2 fully saturated rings. The summed E-state index contributed by atoms with van der Waals surface area (Å²) in [5.41, 5.74) is 1.19. The van der Waals surface area contributed by atoms with Gasteiger partial charge in [-0.3, -0.25) is 0 Å². The Morgan fingerprint density at radius 1 is 1.22 bits per heavy atom. The van der Waals surface area contributed by atoms with Gasteiger partial charge in [0.1, 0.15) is 12.6 Å². The number of fused-ring (bicyclic) bond motifs is 1. The molecule has 0 radical (unpaired) electrons. The summed E-state index contributed by atoms with van der Waals surface area (Å²) in [5.74, 6) is 0.457. The summed E-state index contributed by atoms with van der Waals surface area (Å²) in [6, 6.07) is 10.3. The molecule has 2 unspecified atom stereocenters. The number of hydrogen-bond acceptors (Lipinski definition) is 2. The molecule has 1 amide bonds. The van der Waals surface area contributed by atoms with Crippen molar-refractivity contribution in [2.24, 2.45) is 5.92 Å². The van der Waals surface area contributed by atoms with Gasteiger partial charge < -0.3 is 0 Å². The Labute approximate surface area is 108 Å². The molecule has 0 aromatic heterocycles. The van der Waals surface area contributed by atoms with E-state index < -0.39 is 0 Å². The Morgan fingerprint density at radius 2 is 2.00 bits per heavy atom. The summed E-state index contributed by atoms with van der Waals surface area (Å²) in [7, 11) is 0. The zero-order chi connectivity index (χ0) is 12.6. The lowest BCUT2D eigenvalue weighted by Crippen LogP contribution is -2.53. The van der Waals surface area contributed by atoms with E-state index >= 15 is 0 Å². The van der Waals surface area contributed by atoms with Crippen LogP contribution in [0, 0.1) is 5.92 Å². The van der Waals surface area contributed by atoms with Crippen molar-refractivity contribution < 1.29 is 14.6 Å². The molecule has 1 N–H and O–H groups in total. The van der Waals surface area contributed by atoms with Gasteiger partial charge in [-0.2, -0.15) is 0 Å². The van der Waals surface area contributed by atoms with Crippen LogP contribution in [0.2, 0.25) is 0 Å². The average molecular weight is 246 g/mol. The van der Waals surface area contributed by atoms with Gasteiger partial charge in [-0.1, -0.05) is 30.3 Å². The van der Waals surface area contributed by atoms with Crippen LogP contribution in [0.15, 0.2) is 30.3 Å². The summed E-state index contributed by atoms with van der Waals surface area (Å²) < 4.78 is -0.306. The highest BCUT2D eigenvalue weighted by atomic mass is 16.6. The van der Waals surface area contributed by atoms with E-state index in [1.165, 1.54) is 5.56 Å². The standard InChI is InChI=1S/C15H20NO2/c17-15-11-13-7-4-8-14(13)16(15,18)10-9-12-5-2-1-3-6-12/h1-3,5-6,13-14,18H,4,7-11H2/q+1/t13?,14?,16-/m1/s1. The van der Waals surface area contributed by atoms with Crippen molar-refractivity contribution in [3.8, 4) is 0 Å². The summed E-state index contributed by atoms with van der Waals surface area (Å²) in [5, 5.41) is 10.7. The normalized spacial score (nSPS) is 34.8. The first kappa shape index (κ1) is 11.9. The zero-order valence-electron chi connectivity index (χ0n) is 10.6. The minimum atomic E-state index is -0.306. The number of hydrogen-bond donors (Lipinski definition) is 1. The molecule has 3 heteroatoms. The molecule has 96 valence electrons. The van der Waals surface area contributed by atoms with E-state index in [-0.39, 0.29) is 16.6 Å². The fourth-order valence-electron chi connectivity index (χ4n) is 3.62. The van der Waals surface area contributed by atoms with E-state index in [4.69, 9.17) is 0 Å². The van der Waals surface area contributed by atoms with Crippen LogP contribution >= 0.6 is 0 Å². The molecule has 3 atom stereocenters. The molecule has 1 aromatic rings. The number of quaternary nitrogens is 1. The summed E-state index contributed by atoms with van der Waals surface area (Å²) in [4.78, 5) is 12.1. The first-order valence-electron chi connectivity index (χ1n) is 6.88. The van der Waals surface area contributed by atoms with Crippen molar-refractivity contribution in [3.05, 3.63) is 35.9 Å². The minimum Gasteiger partial charge on any atom is -0.227 e. The molecular formula is C15H20NO2+. The molecule has 2 aliphatic rings. The van der Waals surface area contributed by atoms with Crippen LogP contribution in [-0.2, 0) is 11.2 Å². The van der Waals surface area contributed by atoms with Gasteiger partial charge >= 0.3 is 5.91 Å². The predicted octanol–water partition coefficient (Wildman–Crippen LogP) is 2.53. The van der Waals surface area contributed by atoms with E-state index in [1.807, 2.05) is 18.2 Å². The number of benzene rings is 1. The SMILES string of the molecule is O=C1CC2CCCC2[N@+]1(O)CCc1ccccc1. The van der Waals surface area contributed by atoms with E-state index in [2.05, 4.69) is 12.1 Å². The lowest BCUT2D eigenvalue weighted by atomic mass is 10.0. The maximum atomic E-state index is 12.1. The number of nitrogens with zero attached hydrogens (tertiary/aromatic N) is 1. The topological polar surface area (TPSA) is 37.3 Å². The van der Waals surface area contributed by atoms with Gasteiger partial charge in [0, 0.05) is 18.8 Å². The molecule has 1 saturated carbocycles. The number of carbonyl (C=O) groups is 1. The zero-order valence-corrected chi connectivity index (χ0v) is 10.6. The van der Waals surface area contributed by atoms with Crippen LogP contribution in [0.5, 0.6) is 0 Å². The lowest BCUT2D eigenvalue weighted by Gasteiger charge is -2.28. The third-order valence-corrected chi connectivity index (χ3v) is 4.62. The maximum absolute atomic E-state index is 12.1. The third kappa shape index (κ3) is 1.88. The van der Waals surface area contributed by atoms with Gasteiger partial charge in [0.05, 0.1) is 6.42 Å². The number of hydroxylamine groups is 3. The van der Waals surface area contributed by atoms with Gasteiger partial charge in [-0.25, -0.2) is 10.0 Å². The van der Waals surface area contributed by atoms with Gasteiger partial charge in [0.2, 0.25) is 0 Å². The van der Waals surface area contributed by atoms with E-state index in [9.17, 15) is 10.0 Å². The molecule has 1 aliphatic heterocycles. The molecule has 3 nitrogen and oxygen atoms in total. The fourth-order valence-corrected chi connectivity index (χ4v) is 3.62. The second-order valence-electron chi connectivity index (χ2n) is 5.64. The van der Waals surface area contributed by atoms with Crippen molar-refractivity contribution in [1.82, 2.24) is 0 Å². The quantitative estimate of drug-likeness (QED) is 0.657. The van der Waals surface area contributed by atoms with Crippen LogP contribution in [0.4, 0.5) is 0 Å². The average Bonchev–Trinajstić information content (AvgIpc) is 2.93. The Kier molecular flexibility index (Phi) is 2.96. The summed E-state index contributed by atoms with van der Waals surface area (Å²) >= 11 is 0. The molecular weight excluding hydrogens is 226 g/mol. The number of likely N-dealkylation sites (tertiary alicyclic amines) is 1. The minimum absolute atomic E-state index is 0.0284. The highest BCUT2D eigenvalue weighted by molar-refractivity contribution is 5.71. The van der Waals surface area contributed by atoms with Crippen LogP contribution < -0.4 is 0 Å². The largest absolute Gasteiger partial charge is 0.346 e. The van der Waals surface area contributed by atoms with Crippen LogP contribution in [0.1, 0.15) is 31.2 Å². The van der Waals surface area contributed by atoms with Gasteiger partial charge in [-0.05, 0) is 18.4 Å². The second kappa shape index (κ2) is 4.48. The van der Waals surface area contributed by atoms with Gasteiger partial charge in [0.15, 0.2) is 0 Å². The highest BCUT2D eigenvalue weighted by Gasteiger charge is 2.56. The summed E-state index contributed by atoms with van der Waals surface area (Å²) in [6.45, 7) is 0.532.